The Bertz CT molecular complexity index is 1020. The maximum absolute atomic E-state index is 11.9. The van der Waals surface area contributed by atoms with Gasteiger partial charge in [0, 0.05) is 16.8 Å². The number of ether oxygens (including phenoxy) is 2. The zero-order valence-corrected chi connectivity index (χ0v) is 16.0. The van der Waals surface area contributed by atoms with Crippen molar-refractivity contribution in [2.75, 3.05) is 6.61 Å². The molecule has 2 heterocycles. The fourth-order valence-electron chi connectivity index (χ4n) is 2.46. The molecule has 136 valence electrons. The first kappa shape index (κ1) is 18.3. The SMILES string of the molecule is Cc1cc(=O)n2nc(COC(=O)COc3c(C)cc(Cl)cc3C)sc2n1. The van der Waals surface area contributed by atoms with Gasteiger partial charge in [-0.1, -0.05) is 22.9 Å². The summed E-state index contributed by atoms with van der Waals surface area (Å²) in [6.07, 6.45) is 0. The van der Waals surface area contributed by atoms with E-state index in [4.69, 9.17) is 21.1 Å². The number of benzene rings is 1. The lowest BCUT2D eigenvalue weighted by atomic mass is 10.1. The van der Waals surface area contributed by atoms with Crippen molar-refractivity contribution in [1.82, 2.24) is 14.6 Å². The van der Waals surface area contributed by atoms with Gasteiger partial charge in [-0.3, -0.25) is 4.79 Å². The van der Waals surface area contributed by atoms with Crippen LogP contribution in [0.3, 0.4) is 0 Å². The molecule has 1 aromatic carbocycles. The van der Waals surface area contributed by atoms with Crippen molar-refractivity contribution in [1.29, 1.82) is 0 Å². The minimum Gasteiger partial charge on any atom is -0.481 e. The molecule has 0 atom stereocenters. The molecule has 0 amide bonds. The third-order valence-corrected chi connectivity index (χ3v) is 4.63. The highest BCUT2D eigenvalue weighted by Gasteiger charge is 2.12. The first-order valence-corrected chi connectivity index (χ1v) is 8.94. The number of hydrogen-bond donors (Lipinski definition) is 0. The minimum absolute atomic E-state index is 0.0483. The molecule has 3 aromatic rings. The third kappa shape index (κ3) is 4.03. The van der Waals surface area contributed by atoms with Gasteiger partial charge in [-0.05, 0) is 44.0 Å². The predicted molar refractivity (Wildman–Crippen MR) is 98.1 cm³/mol. The molecular weight excluding hydrogens is 378 g/mol. The standard InChI is InChI=1S/C17H16ClN3O4S/c1-9-4-12(18)5-10(2)16(9)25-8-15(23)24-7-13-20-21-14(22)6-11(3)19-17(21)26-13/h4-6H,7-8H2,1-3H3. The second-order valence-corrected chi connectivity index (χ2v) is 7.22. The smallest absolute Gasteiger partial charge is 0.344 e. The van der Waals surface area contributed by atoms with E-state index < -0.39 is 5.97 Å². The summed E-state index contributed by atoms with van der Waals surface area (Å²) in [5.74, 6) is 0.0760. The predicted octanol–water partition coefficient (Wildman–Crippen LogP) is 2.85. The van der Waals surface area contributed by atoms with E-state index in [-0.39, 0.29) is 18.8 Å². The number of halogens is 1. The average Bonchev–Trinajstić information content (AvgIpc) is 2.95. The Morgan fingerprint density at radius 2 is 1.92 bits per heavy atom. The van der Waals surface area contributed by atoms with Gasteiger partial charge in [-0.2, -0.15) is 9.61 Å². The third-order valence-electron chi connectivity index (χ3n) is 3.53. The molecule has 3 rings (SSSR count). The summed E-state index contributed by atoms with van der Waals surface area (Å²) in [5.41, 5.74) is 2.03. The van der Waals surface area contributed by atoms with Crippen LogP contribution in [0.1, 0.15) is 21.8 Å². The van der Waals surface area contributed by atoms with Crippen LogP contribution in [0.2, 0.25) is 5.02 Å². The summed E-state index contributed by atoms with van der Waals surface area (Å²) in [6, 6.07) is 4.93. The van der Waals surface area contributed by atoms with Crippen molar-refractivity contribution >= 4 is 33.9 Å². The highest BCUT2D eigenvalue weighted by Crippen LogP contribution is 2.27. The van der Waals surface area contributed by atoms with E-state index in [1.54, 1.807) is 19.1 Å². The summed E-state index contributed by atoms with van der Waals surface area (Å²) in [4.78, 5) is 28.5. The first-order chi connectivity index (χ1) is 12.3. The van der Waals surface area contributed by atoms with E-state index in [1.165, 1.54) is 21.9 Å². The molecule has 7 nitrogen and oxygen atoms in total. The second-order valence-electron chi connectivity index (χ2n) is 5.74. The van der Waals surface area contributed by atoms with Gasteiger partial charge in [0.2, 0.25) is 4.96 Å². The zero-order chi connectivity index (χ0) is 18.8. The largest absolute Gasteiger partial charge is 0.481 e. The van der Waals surface area contributed by atoms with Gasteiger partial charge in [0.1, 0.15) is 12.4 Å². The van der Waals surface area contributed by atoms with Crippen LogP contribution in [-0.4, -0.2) is 27.2 Å². The molecular formula is C17H16ClN3O4S. The molecule has 0 fully saturated rings. The molecule has 0 N–H and O–H groups in total. The summed E-state index contributed by atoms with van der Waals surface area (Å²) in [7, 11) is 0. The maximum atomic E-state index is 11.9. The van der Waals surface area contributed by atoms with Gasteiger partial charge in [0.15, 0.2) is 11.6 Å². The fourth-order valence-corrected chi connectivity index (χ4v) is 3.64. The Balaban J connectivity index is 1.61. The molecule has 0 aliphatic heterocycles. The zero-order valence-electron chi connectivity index (χ0n) is 14.4. The van der Waals surface area contributed by atoms with Crippen molar-refractivity contribution in [3.63, 3.8) is 0 Å². The number of carbonyl (C=O) groups excluding carboxylic acids is 1. The summed E-state index contributed by atoms with van der Waals surface area (Å²) >= 11 is 7.17. The average molecular weight is 394 g/mol. The topological polar surface area (TPSA) is 82.8 Å². The van der Waals surface area contributed by atoms with Crippen LogP contribution in [0.15, 0.2) is 23.0 Å². The Hall–Kier alpha value is -2.45. The van der Waals surface area contributed by atoms with Crippen molar-refractivity contribution in [2.45, 2.75) is 27.4 Å². The Labute approximate surface area is 158 Å². The molecule has 0 unspecified atom stereocenters. The molecule has 0 saturated carbocycles. The van der Waals surface area contributed by atoms with Crippen molar-refractivity contribution in [3.05, 3.63) is 55.4 Å². The summed E-state index contributed by atoms with van der Waals surface area (Å²) in [6.45, 7) is 5.17. The number of aryl methyl sites for hydroxylation is 3. The van der Waals surface area contributed by atoms with Gasteiger partial charge in [-0.25, -0.2) is 9.78 Å². The van der Waals surface area contributed by atoms with Crippen molar-refractivity contribution in [2.24, 2.45) is 0 Å². The molecule has 26 heavy (non-hydrogen) atoms. The monoisotopic (exact) mass is 393 g/mol. The van der Waals surface area contributed by atoms with E-state index in [2.05, 4.69) is 10.1 Å². The number of esters is 1. The van der Waals surface area contributed by atoms with Gasteiger partial charge >= 0.3 is 5.97 Å². The molecule has 0 saturated heterocycles. The number of nitrogens with zero attached hydrogens (tertiary/aromatic N) is 3. The van der Waals surface area contributed by atoms with E-state index in [0.29, 0.717) is 26.4 Å². The maximum Gasteiger partial charge on any atom is 0.344 e. The molecule has 2 aromatic heterocycles. The highest BCUT2D eigenvalue weighted by molar-refractivity contribution is 7.16. The minimum atomic E-state index is -0.533. The number of aromatic nitrogens is 3. The van der Waals surface area contributed by atoms with Crippen LogP contribution in [0.4, 0.5) is 0 Å². The second kappa shape index (κ2) is 7.43. The van der Waals surface area contributed by atoms with E-state index in [1.807, 2.05) is 13.8 Å². The van der Waals surface area contributed by atoms with Crippen LogP contribution in [0, 0.1) is 20.8 Å². The molecule has 0 radical (unpaired) electrons. The Morgan fingerprint density at radius 3 is 2.62 bits per heavy atom. The number of rotatable bonds is 5. The summed E-state index contributed by atoms with van der Waals surface area (Å²) in [5, 5.41) is 5.20. The fraction of sp³-hybridized carbons (Fsp3) is 0.294. The van der Waals surface area contributed by atoms with Crippen LogP contribution >= 0.6 is 22.9 Å². The Kier molecular flexibility index (Phi) is 5.24. The lowest BCUT2D eigenvalue weighted by molar-refractivity contribution is -0.147. The van der Waals surface area contributed by atoms with Gasteiger partial charge in [0.05, 0.1) is 0 Å². The van der Waals surface area contributed by atoms with Crippen molar-refractivity contribution < 1.29 is 14.3 Å². The number of carbonyl (C=O) groups is 1. The lowest BCUT2D eigenvalue weighted by Gasteiger charge is -2.12. The molecule has 0 bridgehead atoms. The van der Waals surface area contributed by atoms with Crippen LogP contribution in [-0.2, 0) is 16.1 Å². The van der Waals surface area contributed by atoms with Gasteiger partial charge in [-0.15, -0.1) is 0 Å². The van der Waals surface area contributed by atoms with Crippen LogP contribution in [0.25, 0.3) is 4.96 Å². The molecule has 0 spiro atoms. The number of fused-ring (bicyclic) bond motifs is 1. The van der Waals surface area contributed by atoms with Crippen LogP contribution in [0.5, 0.6) is 5.75 Å². The quantitative estimate of drug-likeness (QED) is 0.620. The van der Waals surface area contributed by atoms with Crippen LogP contribution < -0.4 is 10.3 Å². The van der Waals surface area contributed by atoms with E-state index in [9.17, 15) is 9.59 Å². The van der Waals surface area contributed by atoms with Gasteiger partial charge < -0.3 is 9.47 Å². The summed E-state index contributed by atoms with van der Waals surface area (Å²) < 4.78 is 11.9. The Morgan fingerprint density at radius 1 is 1.23 bits per heavy atom. The van der Waals surface area contributed by atoms with E-state index >= 15 is 0 Å². The van der Waals surface area contributed by atoms with Gasteiger partial charge in [0.25, 0.3) is 5.56 Å². The molecule has 9 heteroatoms. The molecule has 0 aliphatic rings. The normalized spacial score (nSPS) is 10.9. The first-order valence-electron chi connectivity index (χ1n) is 7.75. The molecule has 0 aliphatic carbocycles. The van der Waals surface area contributed by atoms with E-state index in [0.717, 1.165) is 11.1 Å². The highest BCUT2D eigenvalue weighted by atomic mass is 35.5. The lowest BCUT2D eigenvalue weighted by Crippen LogP contribution is -2.16. The van der Waals surface area contributed by atoms with Crippen molar-refractivity contribution in [3.8, 4) is 5.75 Å². The number of hydrogen-bond acceptors (Lipinski definition) is 7.